The van der Waals surface area contributed by atoms with Crippen molar-refractivity contribution in [3.63, 3.8) is 0 Å². The first-order valence-corrected chi connectivity index (χ1v) is 9.57. The van der Waals surface area contributed by atoms with E-state index in [4.69, 9.17) is 0 Å². The average molecular weight is 416 g/mol. The predicted octanol–water partition coefficient (Wildman–Crippen LogP) is 1.50. The van der Waals surface area contributed by atoms with Gasteiger partial charge in [0, 0.05) is 18.6 Å². The second-order valence-corrected chi connectivity index (χ2v) is 7.13. The Morgan fingerprint density at radius 2 is 1.92 bits per heavy atom. The third kappa shape index (κ3) is 6.52. The van der Waals surface area contributed by atoms with Gasteiger partial charge in [0.1, 0.15) is 6.04 Å². The van der Waals surface area contributed by atoms with Crippen molar-refractivity contribution in [2.45, 2.75) is 12.5 Å². The van der Waals surface area contributed by atoms with E-state index < -0.39 is 6.04 Å². The molecule has 1 rings (SSSR count). The zero-order valence-corrected chi connectivity index (χ0v) is 16.4. The van der Waals surface area contributed by atoms with Gasteiger partial charge in [-0.1, -0.05) is 12.1 Å². The molecule has 6 nitrogen and oxygen atoms in total. The Morgan fingerprint density at radius 1 is 1.25 bits per heavy atom. The van der Waals surface area contributed by atoms with Gasteiger partial charge in [-0.25, -0.2) is 0 Å². The number of thioether (sulfide) groups is 1. The Balaban J connectivity index is 2.74. The molecule has 132 valence electrons. The highest BCUT2D eigenvalue weighted by Gasteiger charge is 2.22. The maximum absolute atomic E-state index is 12.4. The van der Waals surface area contributed by atoms with Gasteiger partial charge in [0.15, 0.2) is 0 Å². The first-order chi connectivity index (χ1) is 11.4. The highest BCUT2D eigenvalue weighted by atomic mass is 79.9. The Kier molecular flexibility index (Phi) is 8.84. The van der Waals surface area contributed by atoms with Gasteiger partial charge in [0.05, 0.1) is 12.1 Å². The van der Waals surface area contributed by atoms with E-state index in [1.165, 1.54) is 4.90 Å². The molecule has 1 aromatic carbocycles. The molecular formula is C16H22BrN3O3S. The zero-order chi connectivity index (χ0) is 18.1. The summed E-state index contributed by atoms with van der Waals surface area (Å²) in [6.07, 6.45) is 2.42. The van der Waals surface area contributed by atoms with Crippen LogP contribution in [0.2, 0.25) is 0 Å². The first-order valence-electron chi connectivity index (χ1n) is 7.39. The minimum absolute atomic E-state index is 0.0908. The molecule has 0 bridgehead atoms. The topological polar surface area (TPSA) is 78.5 Å². The molecule has 24 heavy (non-hydrogen) atoms. The van der Waals surface area contributed by atoms with Crippen LogP contribution < -0.4 is 10.6 Å². The lowest BCUT2D eigenvalue weighted by molar-refractivity contribution is -0.131. The Bertz CT molecular complexity index is 596. The summed E-state index contributed by atoms with van der Waals surface area (Å²) in [6, 6.07) is 6.32. The van der Waals surface area contributed by atoms with Crippen LogP contribution in [0.25, 0.3) is 0 Å². The number of nitrogens with one attached hydrogen (secondary N) is 2. The van der Waals surface area contributed by atoms with Crippen LogP contribution in [0.15, 0.2) is 28.7 Å². The van der Waals surface area contributed by atoms with Crippen LogP contribution in [0.5, 0.6) is 0 Å². The fraction of sp³-hybridized carbons (Fsp3) is 0.438. The molecule has 0 saturated carbocycles. The van der Waals surface area contributed by atoms with Crippen LogP contribution in [0, 0.1) is 0 Å². The number of nitrogens with zero attached hydrogens (tertiary/aromatic N) is 1. The van der Waals surface area contributed by atoms with Gasteiger partial charge >= 0.3 is 0 Å². The summed E-state index contributed by atoms with van der Waals surface area (Å²) in [5.41, 5.74) is 0.462. The van der Waals surface area contributed by atoms with Crippen molar-refractivity contribution in [3.8, 4) is 0 Å². The smallest absolute Gasteiger partial charge is 0.253 e. The standard InChI is InChI=1S/C16H22BrN3O3S/c1-20(2)14(21)10-18-16(23)13(8-9-24-3)19-15(22)11-6-4-5-7-12(11)17/h4-7,13H,8-10H2,1-3H3,(H,18,23)(H,19,22). The molecule has 0 fully saturated rings. The van der Waals surface area contributed by atoms with Crippen LogP contribution in [-0.4, -0.2) is 61.3 Å². The van der Waals surface area contributed by atoms with E-state index in [0.29, 0.717) is 16.5 Å². The number of halogens is 1. The van der Waals surface area contributed by atoms with Crippen molar-refractivity contribution in [2.24, 2.45) is 0 Å². The summed E-state index contributed by atoms with van der Waals surface area (Å²) in [5, 5.41) is 5.32. The van der Waals surface area contributed by atoms with Gasteiger partial charge < -0.3 is 15.5 Å². The molecule has 3 amide bonds. The zero-order valence-electron chi connectivity index (χ0n) is 14.0. The van der Waals surface area contributed by atoms with Crippen LogP contribution in [-0.2, 0) is 9.59 Å². The summed E-state index contributed by atoms with van der Waals surface area (Å²) in [4.78, 5) is 37.7. The van der Waals surface area contributed by atoms with Gasteiger partial charge in [0.25, 0.3) is 5.91 Å². The first kappa shape index (κ1) is 20.5. The maximum atomic E-state index is 12.4. The highest BCUT2D eigenvalue weighted by Crippen LogP contribution is 2.16. The lowest BCUT2D eigenvalue weighted by Gasteiger charge is -2.19. The van der Waals surface area contributed by atoms with E-state index >= 15 is 0 Å². The van der Waals surface area contributed by atoms with E-state index in [0.717, 1.165) is 5.75 Å². The van der Waals surface area contributed by atoms with Crippen molar-refractivity contribution >= 4 is 45.4 Å². The van der Waals surface area contributed by atoms with Crippen LogP contribution in [0.3, 0.4) is 0 Å². The van der Waals surface area contributed by atoms with Crippen LogP contribution >= 0.6 is 27.7 Å². The number of carbonyl (C=O) groups excluding carboxylic acids is 3. The largest absolute Gasteiger partial charge is 0.347 e. The van der Waals surface area contributed by atoms with Gasteiger partial charge in [0.2, 0.25) is 11.8 Å². The van der Waals surface area contributed by atoms with Crippen LogP contribution in [0.4, 0.5) is 0 Å². The number of carbonyl (C=O) groups is 3. The summed E-state index contributed by atoms with van der Waals surface area (Å²) >= 11 is 4.91. The summed E-state index contributed by atoms with van der Waals surface area (Å²) in [7, 11) is 3.24. The molecule has 1 aromatic rings. The van der Waals surface area contributed by atoms with E-state index in [-0.39, 0.29) is 24.3 Å². The van der Waals surface area contributed by atoms with Crippen LogP contribution in [0.1, 0.15) is 16.8 Å². The minimum Gasteiger partial charge on any atom is -0.347 e. The van der Waals surface area contributed by atoms with E-state index in [2.05, 4.69) is 26.6 Å². The quantitative estimate of drug-likeness (QED) is 0.674. The van der Waals surface area contributed by atoms with Crippen molar-refractivity contribution in [2.75, 3.05) is 32.6 Å². The molecular weight excluding hydrogens is 394 g/mol. The molecule has 0 heterocycles. The monoisotopic (exact) mass is 415 g/mol. The second kappa shape index (κ2) is 10.4. The molecule has 0 aliphatic heterocycles. The van der Waals surface area contributed by atoms with Gasteiger partial charge in [-0.15, -0.1) is 0 Å². The predicted molar refractivity (Wildman–Crippen MR) is 100 cm³/mol. The molecule has 0 saturated heterocycles. The lowest BCUT2D eigenvalue weighted by atomic mass is 10.1. The third-order valence-electron chi connectivity index (χ3n) is 3.26. The number of benzene rings is 1. The number of rotatable bonds is 8. The van der Waals surface area contributed by atoms with Crippen molar-refractivity contribution in [1.82, 2.24) is 15.5 Å². The fourth-order valence-corrected chi connectivity index (χ4v) is 2.77. The van der Waals surface area contributed by atoms with E-state index in [9.17, 15) is 14.4 Å². The summed E-state index contributed by atoms with van der Waals surface area (Å²) in [6.45, 7) is -0.0908. The molecule has 0 aliphatic rings. The fourth-order valence-electron chi connectivity index (χ4n) is 1.83. The maximum Gasteiger partial charge on any atom is 0.253 e. The molecule has 0 aromatic heterocycles. The summed E-state index contributed by atoms with van der Waals surface area (Å²) in [5.74, 6) is -0.179. The van der Waals surface area contributed by atoms with Crippen molar-refractivity contribution in [1.29, 1.82) is 0 Å². The van der Waals surface area contributed by atoms with Crippen molar-refractivity contribution < 1.29 is 14.4 Å². The SMILES string of the molecule is CSCCC(NC(=O)c1ccccc1Br)C(=O)NCC(=O)N(C)C. The van der Waals surface area contributed by atoms with E-state index in [1.54, 1.807) is 44.1 Å². The number of amides is 3. The van der Waals surface area contributed by atoms with Gasteiger partial charge in [-0.3, -0.25) is 14.4 Å². The average Bonchev–Trinajstić information content (AvgIpc) is 2.56. The molecule has 0 radical (unpaired) electrons. The Morgan fingerprint density at radius 3 is 2.50 bits per heavy atom. The second-order valence-electron chi connectivity index (χ2n) is 5.29. The minimum atomic E-state index is -0.688. The highest BCUT2D eigenvalue weighted by molar-refractivity contribution is 9.10. The summed E-state index contributed by atoms with van der Waals surface area (Å²) < 4.78 is 0.661. The Labute approximate surface area is 154 Å². The number of likely N-dealkylation sites (N-methyl/N-ethyl adjacent to an activating group) is 1. The van der Waals surface area contributed by atoms with E-state index in [1.807, 2.05) is 12.3 Å². The molecule has 2 N–H and O–H groups in total. The molecule has 1 unspecified atom stereocenters. The molecule has 0 aliphatic carbocycles. The normalized spacial score (nSPS) is 11.5. The molecule has 0 spiro atoms. The van der Waals surface area contributed by atoms with Gasteiger partial charge in [-0.2, -0.15) is 11.8 Å². The van der Waals surface area contributed by atoms with Gasteiger partial charge in [-0.05, 0) is 46.5 Å². The third-order valence-corrected chi connectivity index (χ3v) is 4.60. The number of hydrogen-bond acceptors (Lipinski definition) is 4. The van der Waals surface area contributed by atoms with Crippen molar-refractivity contribution in [3.05, 3.63) is 34.3 Å². The molecule has 1 atom stereocenters. The molecule has 8 heteroatoms. The Hall–Kier alpha value is -1.54. The lowest BCUT2D eigenvalue weighted by Crippen LogP contribution is -2.49. The number of hydrogen-bond donors (Lipinski definition) is 2.